The number of benzene rings is 3. The number of halogens is 4. The van der Waals surface area contributed by atoms with Crippen LogP contribution in [0.15, 0.2) is 60.7 Å². The molecule has 6 rings (SSSR count). The van der Waals surface area contributed by atoms with Gasteiger partial charge in [-0.1, -0.05) is 36.4 Å². The molecule has 248 valence electrons. The van der Waals surface area contributed by atoms with Crippen LogP contribution in [0, 0.1) is 17.0 Å². The van der Waals surface area contributed by atoms with E-state index in [0.717, 1.165) is 49.9 Å². The van der Waals surface area contributed by atoms with Gasteiger partial charge >= 0.3 is 0 Å². The number of hydrogen-bond donors (Lipinski definition) is 1. The molecule has 3 aromatic rings. The summed E-state index contributed by atoms with van der Waals surface area (Å²) in [4.78, 5) is 1.52. The van der Waals surface area contributed by atoms with Crippen LogP contribution in [0.1, 0.15) is 93.0 Å². The molecule has 1 spiro atoms. The number of alkyl halides is 2. The number of rotatable bonds is 8. The van der Waals surface area contributed by atoms with Gasteiger partial charge in [0.1, 0.15) is 29.7 Å². The summed E-state index contributed by atoms with van der Waals surface area (Å²) in [5.41, 5.74) is 2.58. The number of ether oxygens (including phenoxy) is 2. The smallest absolute Gasteiger partial charge is 0.251 e. The van der Waals surface area contributed by atoms with E-state index in [0.29, 0.717) is 29.8 Å². The molecule has 0 bridgehead atoms. The van der Waals surface area contributed by atoms with Crippen molar-refractivity contribution >= 4 is 0 Å². The van der Waals surface area contributed by atoms with Gasteiger partial charge in [-0.25, -0.2) is 17.6 Å². The third kappa shape index (κ3) is 7.71. The maximum atomic E-state index is 16.1. The minimum Gasteiger partial charge on any atom is -0.490 e. The second kappa shape index (κ2) is 14.8. The Labute approximate surface area is 270 Å². The van der Waals surface area contributed by atoms with E-state index < -0.39 is 30.6 Å². The first-order chi connectivity index (χ1) is 22.3. The maximum Gasteiger partial charge on any atom is 0.251 e. The second-order valence-electron chi connectivity index (χ2n) is 13.6. The van der Waals surface area contributed by atoms with Crippen molar-refractivity contribution < 1.29 is 27.0 Å². The molecule has 3 atom stereocenters. The van der Waals surface area contributed by atoms with Crippen LogP contribution in [0.4, 0.5) is 17.6 Å². The minimum absolute atomic E-state index is 0.104. The molecule has 4 nitrogen and oxygen atoms in total. The van der Waals surface area contributed by atoms with Gasteiger partial charge in [0.05, 0.1) is 18.7 Å². The zero-order valence-electron chi connectivity index (χ0n) is 26.8. The fraction of sp³-hybridized carbons (Fsp3) is 0.526. The average Bonchev–Trinajstić information content (AvgIpc) is 3.22. The van der Waals surface area contributed by atoms with E-state index in [2.05, 4.69) is 5.32 Å². The summed E-state index contributed by atoms with van der Waals surface area (Å²) in [6.45, 7) is 3.74. The van der Waals surface area contributed by atoms with E-state index in [9.17, 15) is 8.78 Å². The lowest BCUT2D eigenvalue weighted by Gasteiger charge is -2.42. The third-order valence-electron chi connectivity index (χ3n) is 10.4. The summed E-state index contributed by atoms with van der Waals surface area (Å²) in [7, 11) is 0. The second-order valence-corrected chi connectivity index (χ2v) is 13.6. The van der Waals surface area contributed by atoms with Crippen LogP contribution in [0.25, 0.3) is 0 Å². The molecule has 3 aromatic carbocycles. The summed E-state index contributed by atoms with van der Waals surface area (Å²) < 4.78 is 72.1. The van der Waals surface area contributed by atoms with Gasteiger partial charge in [0.2, 0.25) is 0 Å². The van der Waals surface area contributed by atoms with Crippen molar-refractivity contribution in [1.29, 1.82) is 0 Å². The van der Waals surface area contributed by atoms with E-state index >= 15 is 8.78 Å². The molecular formula is C38H46F4N2O2. The number of nitrogens with zero attached hydrogens (tertiary/aromatic N) is 1. The van der Waals surface area contributed by atoms with E-state index in [4.69, 9.17) is 9.47 Å². The van der Waals surface area contributed by atoms with Crippen LogP contribution >= 0.6 is 0 Å². The molecule has 1 saturated carbocycles. The highest BCUT2D eigenvalue weighted by molar-refractivity contribution is 5.46. The summed E-state index contributed by atoms with van der Waals surface area (Å²) >= 11 is 0. The fourth-order valence-corrected chi connectivity index (χ4v) is 8.06. The molecule has 2 heterocycles. The van der Waals surface area contributed by atoms with Gasteiger partial charge in [-0.05, 0) is 118 Å². The van der Waals surface area contributed by atoms with Crippen molar-refractivity contribution in [2.75, 3.05) is 19.6 Å². The minimum atomic E-state index is -2.65. The van der Waals surface area contributed by atoms with Gasteiger partial charge in [-0.3, -0.25) is 4.90 Å². The molecule has 1 N–H and O–H groups in total. The van der Waals surface area contributed by atoms with Gasteiger partial charge in [-0.15, -0.1) is 0 Å². The Morgan fingerprint density at radius 3 is 2.30 bits per heavy atom. The molecule has 1 saturated heterocycles. The molecule has 1 aliphatic carbocycles. The topological polar surface area (TPSA) is 33.7 Å². The maximum absolute atomic E-state index is 16.1. The number of fused-ring (bicyclic) bond motifs is 1. The van der Waals surface area contributed by atoms with Crippen molar-refractivity contribution in [3.05, 3.63) is 94.6 Å². The van der Waals surface area contributed by atoms with Crippen LogP contribution in [0.3, 0.4) is 0 Å². The van der Waals surface area contributed by atoms with E-state index in [1.807, 2.05) is 43.3 Å². The van der Waals surface area contributed by atoms with Gasteiger partial charge in [-0.2, -0.15) is 0 Å². The Morgan fingerprint density at radius 1 is 0.870 bits per heavy atom. The van der Waals surface area contributed by atoms with Gasteiger partial charge < -0.3 is 14.8 Å². The van der Waals surface area contributed by atoms with Crippen molar-refractivity contribution in [1.82, 2.24) is 10.2 Å². The Hall–Kier alpha value is -3.10. The summed E-state index contributed by atoms with van der Waals surface area (Å²) in [5, 5.41) is 3.50. The summed E-state index contributed by atoms with van der Waals surface area (Å²) in [6, 6.07) is 16.3. The van der Waals surface area contributed by atoms with Crippen molar-refractivity contribution in [3.8, 4) is 11.5 Å². The molecule has 0 radical (unpaired) electrons. The fourth-order valence-electron chi connectivity index (χ4n) is 8.06. The Balaban J connectivity index is 1.23. The SMILES string of the molecule is C[C@@H]1Cc2cc(OCc3ccccc3)ccc2C(c2c(F)cc(OC3CCCC4(CCCNCCC4)CC3)cc2F)N1CC(F)F. The third-order valence-corrected chi connectivity index (χ3v) is 10.4. The standard InChI is InChI=1S/C38H46F4N2O2/c1-26-20-28-21-30(45-25-27-8-3-2-4-9-27)11-12-32(28)37(44(26)24-35(41)42)36-33(39)22-31(23-34(36)40)46-29-10-5-14-38(17-13-29)15-6-18-43-19-7-16-38/h2-4,8-9,11-12,21-23,26,29,35,37,43H,5-7,10,13-20,24-25H2,1H3/t26-,29?,37?/m1/s1. The Bertz CT molecular complexity index is 1420. The van der Waals surface area contributed by atoms with Crippen LogP contribution in [-0.4, -0.2) is 43.1 Å². The largest absolute Gasteiger partial charge is 0.490 e. The molecule has 46 heavy (non-hydrogen) atoms. The molecule has 2 fully saturated rings. The van der Waals surface area contributed by atoms with Crippen LogP contribution in [-0.2, 0) is 13.0 Å². The molecule has 0 amide bonds. The first-order valence-electron chi connectivity index (χ1n) is 17.0. The monoisotopic (exact) mass is 638 g/mol. The van der Waals surface area contributed by atoms with Crippen LogP contribution in [0.5, 0.6) is 11.5 Å². The molecule has 8 heteroatoms. The van der Waals surface area contributed by atoms with E-state index in [1.54, 1.807) is 12.1 Å². The van der Waals surface area contributed by atoms with Gasteiger partial charge in [0, 0.05) is 23.7 Å². The average molecular weight is 639 g/mol. The first kappa shape index (κ1) is 32.8. The lowest BCUT2D eigenvalue weighted by molar-refractivity contribution is 0.0444. The van der Waals surface area contributed by atoms with Crippen LogP contribution in [0.2, 0.25) is 0 Å². The highest BCUT2D eigenvalue weighted by Gasteiger charge is 2.39. The predicted molar refractivity (Wildman–Crippen MR) is 173 cm³/mol. The number of hydrogen-bond acceptors (Lipinski definition) is 4. The van der Waals surface area contributed by atoms with E-state index in [-0.39, 0.29) is 23.5 Å². The van der Waals surface area contributed by atoms with Crippen LogP contribution < -0.4 is 14.8 Å². The quantitative estimate of drug-likeness (QED) is 0.250. The van der Waals surface area contributed by atoms with Gasteiger partial charge in [0.15, 0.2) is 0 Å². The number of nitrogens with one attached hydrogen (secondary N) is 1. The lowest BCUT2D eigenvalue weighted by atomic mass is 9.72. The van der Waals surface area contributed by atoms with Crippen molar-refractivity contribution in [3.63, 3.8) is 0 Å². The molecule has 0 aromatic heterocycles. The Kier molecular flexibility index (Phi) is 10.5. The van der Waals surface area contributed by atoms with E-state index in [1.165, 1.54) is 49.1 Å². The molecule has 2 unspecified atom stereocenters. The highest BCUT2D eigenvalue weighted by Crippen LogP contribution is 2.45. The summed E-state index contributed by atoms with van der Waals surface area (Å²) in [5.74, 6) is -0.764. The highest BCUT2D eigenvalue weighted by atomic mass is 19.3. The molecule has 3 aliphatic rings. The lowest BCUT2D eigenvalue weighted by Crippen LogP contribution is -2.45. The summed E-state index contributed by atoms with van der Waals surface area (Å²) in [6.07, 6.45) is 7.48. The zero-order valence-corrected chi connectivity index (χ0v) is 26.8. The van der Waals surface area contributed by atoms with Crippen molar-refractivity contribution in [2.45, 2.75) is 102 Å². The van der Waals surface area contributed by atoms with Gasteiger partial charge in [0.25, 0.3) is 6.43 Å². The normalized spacial score (nSPS) is 23.7. The van der Waals surface area contributed by atoms with Crippen molar-refractivity contribution in [2.24, 2.45) is 5.41 Å². The Morgan fingerprint density at radius 2 is 1.59 bits per heavy atom. The zero-order chi connectivity index (χ0) is 32.1. The molecule has 2 aliphatic heterocycles. The predicted octanol–water partition coefficient (Wildman–Crippen LogP) is 9.01. The first-order valence-corrected chi connectivity index (χ1v) is 17.0. The molecular weight excluding hydrogens is 592 g/mol.